The average Bonchev–Trinajstić information content (AvgIpc) is 2.73. The number of nitrogens with one attached hydrogen (secondary N) is 1. The van der Waals surface area contributed by atoms with E-state index in [-0.39, 0.29) is 30.3 Å². The van der Waals surface area contributed by atoms with Gasteiger partial charge < -0.3 is 15.0 Å². The van der Waals surface area contributed by atoms with Gasteiger partial charge in [0.1, 0.15) is 5.75 Å². The normalized spacial score (nSPS) is 21.7. The summed E-state index contributed by atoms with van der Waals surface area (Å²) in [5.74, 6) is 2.05. The molecule has 2 aromatic carbocycles. The second kappa shape index (κ2) is 9.00. The number of nitrogens with zero attached hydrogens (tertiary/aromatic N) is 1. The first-order chi connectivity index (χ1) is 12.8. The van der Waals surface area contributed by atoms with Crippen molar-refractivity contribution in [2.75, 3.05) is 32.5 Å². The van der Waals surface area contributed by atoms with Crippen LogP contribution in [0.15, 0.2) is 53.4 Å². The molecule has 2 unspecified atom stereocenters. The Morgan fingerprint density at radius 2 is 1.89 bits per heavy atom. The molecular formula is C21H25ClN2O2S. The molecule has 0 spiro atoms. The van der Waals surface area contributed by atoms with Crippen LogP contribution in [0.1, 0.15) is 29.5 Å². The van der Waals surface area contributed by atoms with E-state index in [1.54, 1.807) is 7.11 Å². The lowest BCUT2D eigenvalue weighted by Crippen LogP contribution is -2.50. The van der Waals surface area contributed by atoms with Gasteiger partial charge in [-0.25, -0.2) is 0 Å². The summed E-state index contributed by atoms with van der Waals surface area (Å²) in [5.41, 5.74) is 2.26. The number of carbonyl (C=O) groups excluding carboxylic acids is 1. The Bertz CT molecular complexity index is 801. The molecule has 1 saturated heterocycles. The average molecular weight is 405 g/mol. The number of thioether (sulfide) groups is 1. The van der Waals surface area contributed by atoms with Crippen LogP contribution in [0.4, 0.5) is 0 Å². The zero-order chi connectivity index (χ0) is 17.9. The maximum Gasteiger partial charge on any atom is 0.230 e. The van der Waals surface area contributed by atoms with Gasteiger partial charge in [-0.1, -0.05) is 36.4 Å². The first kappa shape index (κ1) is 20.1. The third kappa shape index (κ3) is 3.96. The van der Waals surface area contributed by atoms with Crippen molar-refractivity contribution >= 4 is 30.1 Å². The van der Waals surface area contributed by atoms with Crippen molar-refractivity contribution in [2.45, 2.75) is 23.3 Å². The fourth-order valence-electron chi connectivity index (χ4n) is 3.99. The molecule has 2 aliphatic heterocycles. The summed E-state index contributed by atoms with van der Waals surface area (Å²) in [7, 11) is 1.69. The molecule has 0 aliphatic carbocycles. The van der Waals surface area contributed by atoms with Crippen molar-refractivity contribution in [1.82, 2.24) is 10.2 Å². The Kier molecular flexibility index (Phi) is 6.68. The van der Waals surface area contributed by atoms with E-state index in [1.165, 1.54) is 10.5 Å². The number of ether oxygens (including phenoxy) is 1. The van der Waals surface area contributed by atoms with Gasteiger partial charge >= 0.3 is 0 Å². The molecule has 6 heteroatoms. The molecule has 0 bridgehead atoms. The molecule has 2 atom stereocenters. The molecule has 4 nitrogen and oxygen atoms in total. The molecule has 4 rings (SSSR count). The number of rotatable bonds is 3. The lowest BCUT2D eigenvalue weighted by Gasteiger charge is -2.40. The van der Waals surface area contributed by atoms with Crippen LogP contribution < -0.4 is 10.1 Å². The van der Waals surface area contributed by atoms with Crippen LogP contribution in [0.3, 0.4) is 0 Å². The van der Waals surface area contributed by atoms with E-state index in [9.17, 15) is 4.79 Å². The fourth-order valence-corrected chi connectivity index (χ4v) is 5.11. The lowest BCUT2D eigenvalue weighted by atomic mass is 9.92. The fraction of sp³-hybridized carbons (Fsp3) is 0.381. The van der Waals surface area contributed by atoms with Gasteiger partial charge in [-0.3, -0.25) is 4.79 Å². The van der Waals surface area contributed by atoms with Gasteiger partial charge in [0.15, 0.2) is 0 Å². The quantitative estimate of drug-likeness (QED) is 0.843. The third-order valence-corrected chi connectivity index (χ3v) is 6.40. The van der Waals surface area contributed by atoms with Crippen LogP contribution in [-0.4, -0.2) is 43.3 Å². The molecule has 1 fully saturated rings. The number of hydrogen-bond donors (Lipinski definition) is 1. The summed E-state index contributed by atoms with van der Waals surface area (Å²) in [6, 6.07) is 16.4. The maximum absolute atomic E-state index is 13.5. The number of piperazine rings is 1. The first-order valence-electron chi connectivity index (χ1n) is 9.15. The number of halogens is 1. The lowest BCUT2D eigenvalue weighted by molar-refractivity contribution is -0.136. The molecule has 0 saturated carbocycles. The molecule has 144 valence electrons. The molecule has 2 heterocycles. The van der Waals surface area contributed by atoms with E-state index in [1.807, 2.05) is 36.0 Å². The van der Waals surface area contributed by atoms with Gasteiger partial charge in [-0.05, 0) is 29.9 Å². The van der Waals surface area contributed by atoms with Gasteiger partial charge in [-0.15, -0.1) is 24.2 Å². The summed E-state index contributed by atoms with van der Waals surface area (Å²) in [4.78, 5) is 16.9. The number of carbonyl (C=O) groups is 1. The predicted octanol–water partition coefficient (Wildman–Crippen LogP) is 3.87. The van der Waals surface area contributed by atoms with Crippen LogP contribution in [0.5, 0.6) is 5.75 Å². The van der Waals surface area contributed by atoms with E-state index in [4.69, 9.17) is 4.74 Å². The number of amides is 1. The number of benzene rings is 2. The zero-order valence-corrected chi connectivity index (χ0v) is 17.0. The number of hydrogen-bond acceptors (Lipinski definition) is 4. The predicted molar refractivity (Wildman–Crippen MR) is 112 cm³/mol. The Labute approximate surface area is 171 Å². The first-order valence-corrected chi connectivity index (χ1v) is 10.1. The SMILES string of the molecule is COc1ccccc1C1CNCCN1C(=O)C1CCSc2ccccc21.Cl. The largest absolute Gasteiger partial charge is 0.496 e. The summed E-state index contributed by atoms with van der Waals surface area (Å²) >= 11 is 1.86. The van der Waals surface area contributed by atoms with Crippen LogP contribution in [0.2, 0.25) is 0 Å². The maximum atomic E-state index is 13.5. The van der Waals surface area contributed by atoms with Crippen LogP contribution in [0, 0.1) is 0 Å². The van der Waals surface area contributed by atoms with Gasteiger partial charge in [0.25, 0.3) is 0 Å². The van der Waals surface area contributed by atoms with Crippen molar-refractivity contribution in [3.63, 3.8) is 0 Å². The van der Waals surface area contributed by atoms with Gasteiger partial charge in [0.05, 0.1) is 19.1 Å². The second-order valence-corrected chi connectivity index (χ2v) is 7.86. The molecule has 2 aromatic rings. The van der Waals surface area contributed by atoms with Crippen LogP contribution in [0.25, 0.3) is 0 Å². The van der Waals surface area contributed by atoms with E-state index >= 15 is 0 Å². The highest BCUT2D eigenvalue weighted by Crippen LogP contribution is 2.40. The summed E-state index contributed by atoms with van der Waals surface area (Å²) in [6.07, 6.45) is 0.906. The minimum Gasteiger partial charge on any atom is -0.496 e. The molecule has 0 aromatic heterocycles. The summed E-state index contributed by atoms with van der Waals surface area (Å²) in [6.45, 7) is 2.32. The highest BCUT2D eigenvalue weighted by Gasteiger charge is 2.36. The Hall–Kier alpha value is -1.69. The Morgan fingerprint density at radius 3 is 2.70 bits per heavy atom. The second-order valence-electron chi connectivity index (χ2n) is 6.72. The van der Waals surface area contributed by atoms with E-state index in [0.717, 1.165) is 43.1 Å². The standard InChI is InChI=1S/C21H24N2O2S.ClH/c1-25-19-8-4-2-7-17(19)18-14-22-11-12-23(18)21(24)16-10-13-26-20-9-5-3-6-15(16)20;/h2-9,16,18,22H,10-14H2,1H3;1H. The van der Waals surface area contributed by atoms with Gasteiger partial charge in [0.2, 0.25) is 5.91 Å². The van der Waals surface area contributed by atoms with Gasteiger partial charge in [-0.2, -0.15) is 0 Å². The molecule has 1 N–H and O–H groups in total. The van der Waals surface area contributed by atoms with Gasteiger partial charge in [0, 0.05) is 30.1 Å². The number of methoxy groups -OCH3 is 1. The Balaban J connectivity index is 0.00000210. The molecule has 0 radical (unpaired) electrons. The Morgan fingerprint density at radius 1 is 1.15 bits per heavy atom. The topological polar surface area (TPSA) is 41.6 Å². The third-order valence-electron chi connectivity index (χ3n) is 5.28. The minimum atomic E-state index is -0.0391. The van der Waals surface area contributed by atoms with E-state index in [0.29, 0.717) is 0 Å². The summed E-state index contributed by atoms with van der Waals surface area (Å²) in [5, 5.41) is 3.44. The van der Waals surface area contributed by atoms with Crippen molar-refractivity contribution in [3.8, 4) is 5.75 Å². The minimum absolute atomic E-state index is 0. The van der Waals surface area contributed by atoms with Crippen molar-refractivity contribution in [1.29, 1.82) is 0 Å². The van der Waals surface area contributed by atoms with Crippen LogP contribution in [-0.2, 0) is 4.79 Å². The molecule has 1 amide bonds. The summed E-state index contributed by atoms with van der Waals surface area (Å²) < 4.78 is 5.56. The molecule has 2 aliphatic rings. The number of para-hydroxylation sites is 1. The van der Waals surface area contributed by atoms with Crippen LogP contribution >= 0.6 is 24.2 Å². The monoisotopic (exact) mass is 404 g/mol. The zero-order valence-electron chi connectivity index (χ0n) is 15.4. The van der Waals surface area contributed by atoms with Crippen molar-refractivity contribution in [3.05, 3.63) is 59.7 Å². The molecule has 27 heavy (non-hydrogen) atoms. The highest BCUT2D eigenvalue weighted by molar-refractivity contribution is 7.99. The van der Waals surface area contributed by atoms with E-state index in [2.05, 4.69) is 34.5 Å². The molecular weight excluding hydrogens is 380 g/mol. The smallest absolute Gasteiger partial charge is 0.230 e. The van der Waals surface area contributed by atoms with E-state index < -0.39 is 0 Å². The van der Waals surface area contributed by atoms with Crippen molar-refractivity contribution in [2.24, 2.45) is 0 Å². The highest BCUT2D eigenvalue weighted by atomic mass is 35.5. The van der Waals surface area contributed by atoms with Crippen molar-refractivity contribution < 1.29 is 9.53 Å². The number of fused-ring (bicyclic) bond motifs is 1.